The van der Waals surface area contributed by atoms with Crippen molar-refractivity contribution < 1.29 is 14.3 Å². The number of carbonyl (C=O) groups excluding carboxylic acids is 1. The van der Waals surface area contributed by atoms with Crippen LogP contribution in [0.1, 0.15) is 24.4 Å². The van der Waals surface area contributed by atoms with E-state index in [1.54, 1.807) is 39.2 Å². The van der Waals surface area contributed by atoms with Gasteiger partial charge < -0.3 is 14.4 Å². The quantitative estimate of drug-likeness (QED) is 0.448. The lowest BCUT2D eigenvalue weighted by Gasteiger charge is -2.20. The molecule has 2 aromatic carbocycles. The van der Waals surface area contributed by atoms with E-state index in [2.05, 4.69) is 11.1 Å². The Hall–Kier alpha value is -3.63. The van der Waals surface area contributed by atoms with Gasteiger partial charge in [0, 0.05) is 25.0 Å². The van der Waals surface area contributed by atoms with Crippen LogP contribution in [0.15, 0.2) is 53.9 Å². The fraction of sp³-hybridized carbons (Fsp3) is 0.240. The molecule has 0 saturated heterocycles. The summed E-state index contributed by atoms with van der Waals surface area (Å²) >= 11 is 1.43. The zero-order valence-corrected chi connectivity index (χ0v) is 19.3. The number of aromatic nitrogens is 1. The van der Waals surface area contributed by atoms with Gasteiger partial charge in [-0.05, 0) is 37.6 Å². The van der Waals surface area contributed by atoms with E-state index in [4.69, 9.17) is 9.47 Å². The highest BCUT2D eigenvalue weighted by Crippen LogP contribution is 2.32. The monoisotopic (exact) mass is 447 g/mol. The van der Waals surface area contributed by atoms with Gasteiger partial charge in [-0.1, -0.05) is 36.4 Å². The van der Waals surface area contributed by atoms with Crippen molar-refractivity contribution in [3.63, 3.8) is 0 Å². The van der Waals surface area contributed by atoms with Crippen molar-refractivity contribution in [2.75, 3.05) is 20.7 Å². The predicted octanol–water partition coefficient (Wildman–Crippen LogP) is 5.13. The molecule has 0 aliphatic carbocycles. The Bertz CT molecular complexity index is 1150. The zero-order chi connectivity index (χ0) is 23.1. The van der Waals surface area contributed by atoms with Crippen molar-refractivity contribution >= 4 is 28.9 Å². The topological polar surface area (TPSA) is 75.5 Å². The van der Waals surface area contributed by atoms with Crippen LogP contribution >= 0.6 is 11.3 Å². The first-order valence-corrected chi connectivity index (χ1v) is 11.1. The summed E-state index contributed by atoms with van der Waals surface area (Å²) in [4.78, 5) is 18.3. The fourth-order valence-electron chi connectivity index (χ4n) is 3.03. The molecule has 164 valence electrons. The van der Waals surface area contributed by atoms with Crippen LogP contribution < -0.4 is 9.47 Å². The molecule has 1 atom stereocenters. The third-order valence-corrected chi connectivity index (χ3v) is 5.47. The summed E-state index contributed by atoms with van der Waals surface area (Å²) in [5, 5.41) is 12.3. The number of thiazole rings is 1. The first-order valence-electron chi connectivity index (χ1n) is 10.2. The second kappa shape index (κ2) is 10.6. The molecule has 0 saturated carbocycles. The van der Waals surface area contributed by atoms with Crippen molar-refractivity contribution in [3.05, 3.63) is 64.5 Å². The maximum Gasteiger partial charge on any atom is 0.262 e. The van der Waals surface area contributed by atoms with Crippen molar-refractivity contribution in [2.24, 2.45) is 0 Å². The van der Waals surface area contributed by atoms with Gasteiger partial charge in [0.25, 0.3) is 5.91 Å². The van der Waals surface area contributed by atoms with Gasteiger partial charge in [0.15, 0.2) is 17.6 Å². The van der Waals surface area contributed by atoms with Crippen LogP contribution in [-0.2, 0) is 4.79 Å². The van der Waals surface area contributed by atoms with Crippen molar-refractivity contribution in [1.29, 1.82) is 5.26 Å². The number of amides is 1. The maximum absolute atomic E-state index is 12.1. The molecule has 1 unspecified atom stereocenters. The van der Waals surface area contributed by atoms with E-state index >= 15 is 0 Å². The highest BCUT2D eigenvalue weighted by atomic mass is 32.1. The Morgan fingerprint density at radius 1 is 1.22 bits per heavy atom. The third-order valence-electron chi connectivity index (χ3n) is 4.60. The molecular weight excluding hydrogens is 422 g/mol. The first-order chi connectivity index (χ1) is 15.4. The van der Waals surface area contributed by atoms with Gasteiger partial charge in [0.2, 0.25) is 0 Å². The second-order valence-electron chi connectivity index (χ2n) is 7.21. The van der Waals surface area contributed by atoms with Crippen molar-refractivity contribution in [3.8, 4) is 28.8 Å². The molecule has 0 N–H and O–H groups in total. The lowest BCUT2D eigenvalue weighted by molar-refractivity contribution is -0.135. The molecule has 0 bridgehead atoms. The summed E-state index contributed by atoms with van der Waals surface area (Å²) < 4.78 is 11.6. The summed E-state index contributed by atoms with van der Waals surface area (Å²) in [5.41, 5.74) is 3.09. The molecule has 1 heterocycles. The number of rotatable bonds is 8. The number of ether oxygens (including phenoxy) is 2. The third kappa shape index (κ3) is 5.54. The summed E-state index contributed by atoms with van der Waals surface area (Å²) in [6, 6.07) is 17.5. The summed E-state index contributed by atoms with van der Waals surface area (Å²) in [6.45, 7) is 4.02. The van der Waals surface area contributed by atoms with Gasteiger partial charge >= 0.3 is 0 Å². The average molecular weight is 448 g/mol. The minimum Gasteiger partial charge on any atom is -0.490 e. The molecule has 7 heteroatoms. The van der Waals surface area contributed by atoms with E-state index in [9.17, 15) is 10.1 Å². The molecule has 3 aromatic rings. The van der Waals surface area contributed by atoms with Crippen LogP contribution in [-0.4, -0.2) is 42.6 Å². The Labute approximate surface area is 192 Å². The molecule has 0 aliphatic heterocycles. The van der Waals surface area contributed by atoms with Crippen molar-refractivity contribution in [2.45, 2.75) is 20.0 Å². The molecule has 3 rings (SSSR count). The minimum absolute atomic E-state index is 0.138. The highest BCUT2D eigenvalue weighted by molar-refractivity contribution is 7.11. The molecule has 1 aromatic heterocycles. The molecule has 0 spiro atoms. The number of carbonyl (C=O) groups is 1. The lowest BCUT2D eigenvalue weighted by atomic mass is 10.1. The second-order valence-corrected chi connectivity index (χ2v) is 8.06. The van der Waals surface area contributed by atoms with Gasteiger partial charge in [-0.3, -0.25) is 4.79 Å². The SMILES string of the molecule is CCOc1cc(/C=C(\C#N)c2nc(-c3ccccc3)cs2)ccc1OC(C)C(=O)N(C)C. The Morgan fingerprint density at radius 3 is 2.62 bits per heavy atom. The minimum atomic E-state index is -0.646. The van der Waals surface area contributed by atoms with Gasteiger partial charge in [-0.2, -0.15) is 5.26 Å². The normalized spacial score (nSPS) is 12.0. The van der Waals surface area contributed by atoms with E-state index < -0.39 is 6.10 Å². The molecule has 1 amide bonds. The molecule has 0 aliphatic rings. The summed E-state index contributed by atoms with van der Waals surface area (Å²) in [7, 11) is 3.37. The van der Waals surface area contributed by atoms with Crippen molar-refractivity contribution in [1.82, 2.24) is 9.88 Å². The smallest absolute Gasteiger partial charge is 0.262 e. The lowest BCUT2D eigenvalue weighted by Crippen LogP contribution is -2.35. The number of hydrogen-bond acceptors (Lipinski definition) is 6. The van der Waals surface area contributed by atoms with Gasteiger partial charge in [-0.25, -0.2) is 4.98 Å². The van der Waals surface area contributed by atoms with E-state index in [1.165, 1.54) is 16.2 Å². The van der Waals surface area contributed by atoms with Crippen LogP contribution in [0.3, 0.4) is 0 Å². The Kier molecular flexibility index (Phi) is 7.63. The van der Waals surface area contributed by atoms with Crippen LogP contribution in [0.25, 0.3) is 22.9 Å². The summed E-state index contributed by atoms with van der Waals surface area (Å²) in [5.74, 6) is 0.855. The zero-order valence-electron chi connectivity index (χ0n) is 18.5. The molecule has 0 radical (unpaired) electrons. The number of nitrogens with zero attached hydrogens (tertiary/aromatic N) is 3. The van der Waals surface area contributed by atoms with E-state index in [1.807, 2.05) is 48.7 Å². The van der Waals surface area contributed by atoms with Crippen LogP contribution in [0, 0.1) is 11.3 Å². The standard InChI is InChI=1S/C25H25N3O3S/c1-5-30-23-14-18(11-12-22(23)31-17(2)25(29)28(3)4)13-20(15-26)24-27-21(16-32-24)19-9-7-6-8-10-19/h6-14,16-17H,5H2,1-4H3/b20-13+. The molecule has 32 heavy (non-hydrogen) atoms. The first kappa shape index (κ1) is 23.0. The Morgan fingerprint density at radius 2 is 1.97 bits per heavy atom. The molecular formula is C25H25N3O3S. The summed E-state index contributed by atoms with van der Waals surface area (Å²) in [6.07, 6.45) is 1.13. The number of nitriles is 1. The number of allylic oxidation sites excluding steroid dienone is 1. The number of benzene rings is 2. The van der Waals surface area contributed by atoms with E-state index in [-0.39, 0.29) is 5.91 Å². The van der Waals surface area contributed by atoms with Gasteiger partial charge in [0.05, 0.1) is 17.9 Å². The molecule has 0 fully saturated rings. The van der Waals surface area contributed by atoms with E-state index in [0.29, 0.717) is 28.7 Å². The van der Waals surface area contributed by atoms with Gasteiger partial charge in [0.1, 0.15) is 11.1 Å². The Balaban J connectivity index is 1.88. The average Bonchev–Trinajstić information content (AvgIpc) is 3.29. The highest BCUT2D eigenvalue weighted by Gasteiger charge is 2.19. The predicted molar refractivity (Wildman–Crippen MR) is 127 cm³/mol. The molecule has 6 nitrogen and oxygen atoms in total. The maximum atomic E-state index is 12.1. The largest absolute Gasteiger partial charge is 0.490 e. The van der Waals surface area contributed by atoms with Crippen LogP contribution in [0.2, 0.25) is 0 Å². The van der Waals surface area contributed by atoms with Gasteiger partial charge in [-0.15, -0.1) is 11.3 Å². The fourth-order valence-corrected chi connectivity index (χ4v) is 3.83. The number of hydrogen-bond donors (Lipinski definition) is 0. The van der Waals surface area contributed by atoms with E-state index in [0.717, 1.165) is 16.8 Å². The van der Waals surface area contributed by atoms with Crippen LogP contribution in [0.5, 0.6) is 11.5 Å². The number of likely N-dealkylation sites (N-methyl/N-ethyl adjacent to an activating group) is 1. The van der Waals surface area contributed by atoms with Crippen LogP contribution in [0.4, 0.5) is 0 Å².